The molecule has 4 nitrogen and oxygen atoms in total. The van der Waals surface area contributed by atoms with Crippen molar-refractivity contribution in [3.05, 3.63) is 82.5 Å². The molecule has 146 valence electrons. The number of nitrogens with one attached hydrogen (secondary N) is 1. The maximum Gasteiger partial charge on any atom is 0.273 e. The fraction of sp³-hybridized carbons (Fsp3) is 0.0870. The first-order valence-electron chi connectivity index (χ1n) is 8.98. The third-order valence-corrected chi connectivity index (χ3v) is 5.35. The van der Waals surface area contributed by atoms with Gasteiger partial charge in [0.15, 0.2) is 0 Å². The molecule has 6 heteroatoms. The van der Waals surface area contributed by atoms with Crippen LogP contribution in [0.3, 0.4) is 0 Å². The van der Waals surface area contributed by atoms with Gasteiger partial charge in [-0.05, 0) is 48.0 Å². The lowest BCUT2D eigenvalue weighted by molar-refractivity contribution is 0.102. The molecule has 4 aromatic rings. The van der Waals surface area contributed by atoms with Crippen molar-refractivity contribution in [3.8, 4) is 16.9 Å². The first-order chi connectivity index (χ1) is 14.0. The molecular weight excluding hydrogens is 407 g/mol. The number of rotatable bonds is 4. The number of carbonyl (C=O) groups is 1. The van der Waals surface area contributed by atoms with E-state index >= 15 is 0 Å². The minimum atomic E-state index is -0.241. The molecule has 0 unspecified atom stereocenters. The highest BCUT2D eigenvalue weighted by molar-refractivity contribution is 6.32. The summed E-state index contributed by atoms with van der Waals surface area (Å²) in [5.74, 6) is 0.352. The lowest BCUT2D eigenvalue weighted by Gasteiger charge is -2.12. The van der Waals surface area contributed by atoms with Crippen molar-refractivity contribution in [3.63, 3.8) is 0 Å². The van der Waals surface area contributed by atoms with Gasteiger partial charge in [0.1, 0.15) is 11.4 Å². The number of methoxy groups -OCH3 is 1. The van der Waals surface area contributed by atoms with E-state index in [0.29, 0.717) is 27.2 Å². The van der Waals surface area contributed by atoms with E-state index in [4.69, 9.17) is 27.9 Å². The van der Waals surface area contributed by atoms with Crippen LogP contribution < -0.4 is 10.1 Å². The summed E-state index contributed by atoms with van der Waals surface area (Å²) in [5, 5.41) is 5.11. The second-order valence-electron chi connectivity index (χ2n) is 6.61. The van der Waals surface area contributed by atoms with Crippen molar-refractivity contribution >= 4 is 45.7 Å². The average molecular weight is 425 g/mol. The van der Waals surface area contributed by atoms with Crippen molar-refractivity contribution in [2.75, 3.05) is 12.4 Å². The first kappa shape index (κ1) is 19.4. The van der Waals surface area contributed by atoms with Gasteiger partial charge in [0.2, 0.25) is 0 Å². The number of aryl methyl sites for hydroxylation is 1. The standard InChI is InChI=1S/C23H18Cl2N2O2/c1-27-19-12-11-16(25)13-17(19)21(14-7-9-15(24)10-8-14)22(27)23(28)26-18-5-3-4-6-20(18)29-2/h3-13H,1-2H3,(H,26,28). The Morgan fingerprint density at radius 2 is 1.66 bits per heavy atom. The van der Waals surface area contributed by atoms with Crippen LogP contribution in [0, 0.1) is 0 Å². The number of ether oxygens (including phenoxy) is 1. The van der Waals surface area contributed by atoms with Crippen LogP contribution in [0.5, 0.6) is 5.75 Å². The van der Waals surface area contributed by atoms with E-state index in [2.05, 4.69) is 5.32 Å². The Bertz CT molecular complexity index is 1210. The summed E-state index contributed by atoms with van der Waals surface area (Å²) < 4.78 is 7.24. The zero-order valence-corrected chi connectivity index (χ0v) is 17.4. The van der Waals surface area contributed by atoms with Crippen molar-refractivity contribution < 1.29 is 9.53 Å². The van der Waals surface area contributed by atoms with E-state index in [1.165, 1.54) is 0 Å². The number of benzene rings is 3. The fourth-order valence-corrected chi connectivity index (χ4v) is 3.82. The monoisotopic (exact) mass is 424 g/mol. The molecule has 0 aliphatic heterocycles. The predicted octanol–water partition coefficient (Wildman–Crippen LogP) is 6.41. The van der Waals surface area contributed by atoms with Gasteiger partial charge in [-0.1, -0.05) is 47.5 Å². The van der Waals surface area contributed by atoms with Crippen LogP contribution in [0.4, 0.5) is 5.69 Å². The average Bonchev–Trinajstić information content (AvgIpc) is 3.00. The SMILES string of the molecule is COc1ccccc1NC(=O)c1c(-c2ccc(Cl)cc2)c2cc(Cl)ccc2n1C. The van der Waals surface area contributed by atoms with Crippen LogP contribution in [-0.4, -0.2) is 17.6 Å². The second-order valence-corrected chi connectivity index (χ2v) is 7.48. The second kappa shape index (κ2) is 7.82. The Hall–Kier alpha value is -2.95. The Labute approximate surface area is 178 Å². The van der Waals surface area contributed by atoms with E-state index in [0.717, 1.165) is 22.0 Å². The van der Waals surface area contributed by atoms with Crippen LogP contribution in [0.15, 0.2) is 66.7 Å². The van der Waals surface area contributed by atoms with Crippen LogP contribution in [0.2, 0.25) is 10.0 Å². The normalized spacial score (nSPS) is 10.9. The predicted molar refractivity (Wildman–Crippen MR) is 119 cm³/mol. The lowest BCUT2D eigenvalue weighted by Crippen LogP contribution is -2.17. The molecule has 29 heavy (non-hydrogen) atoms. The topological polar surface area (TPSA) is 43.3 Å². The number of amides is 1. The van der Waals surface area contributed by atoms with Gasteiger partial charge in [0.25, 0.3) is 5.91 Å². The summed E-state index contributed by atoms with van der Waals surface area (Å²) >= 11 is 12.3. The maximum atomic E-state index is 13.4. The van der Waals surface area contributed by atoms with Crippen molar-refractivity contribution in [1.82, 2.24) is 4.57 Å². The molecule has 4 rings (SSSR count). The molecule has 1 heterocycles. The van der Waals surface area contributed by atoms with E-state index in [1.54, 1.807) is 19.2 Å². The van der Waals surface area contributed by atoms with E-state index in [1.807, 2.05) is 66.2 Å². The highest BCUT2D eigenvalue weighted by Crippen LogP contribution is 2.37. The molecule has 1 amide bonds. The molecule has 0 saturated carbocycles. The van der Waals surface area contributed by atoms with Crippen molar-refractivity contribution in [2.45, 2.75) is 0 Å². The quantitative estimate of drug-likeness (QED) is 0.410. The molecule has 0 aliphatic carbocycles. The molecular formula is C23H18Cl2N2O2. The lowest BCUT2D eigenvalue weighted by atomic mass is 10.0. The number of hydrogen-bond acceptors (Lipinski definition) is 2. The molecule has 1 N–H and O–H groups in total. The summed E-state index contributed by atoms with van der Waals surface area (Å²) in [5.41, 5.74) is 3.71. The van der Waals surface area contributed by atoms with Gasteiger partial charge in [-0.15, -0.1) is 0 Å². The summed E-state index contributed by atoms with van der Waals surface area (Å²) in [6, 6.07) is 20.3. The molecule has 0 saturated heterocycles. The van der Waals surface area contributed by atoms with E-state index in [9.17, 15) is 4.79 Å². The molecule has 1 aromatic heterocycles. The highest BCUT2D eigenvalue weighted by Gasteiger charge is 2.23. The van der Waals surface area contributed by atoms with Crippen LogP contribution >= 0.6 is 23.2 Å². The Kier molecular flexibility index (Phi) is 5.22. The third-order valence-electron chi connectivity index (χ3n) is 4.86. The Morgan fingerprint density at radius 3 is 2.38 bits per heavy atom. The van der Waals surface area contributed by atoms with E-state index in [-0.39, 0.29) is 5.91 Å². The number of para-hydroxylation sites is 2. The van der Waals surface area contributed by atoms with Gasteiger partial charge in [0.05, 0.1) is 12.8 Å². The first-order valence-corrected chi connectivity index (χ1v) is 9.73. The summed E-state index contributed by atoms with van der Waals surface area (Å²) in [6.07, 6.45) is 0. The van der Waals surface area contributed by atoms with Gasteiger partial charge >= 0.3 is 0 Å². The third kappa shape index (κ3) is 3.57. The molecule has 0 fully saturated rings. The summed E-state index contributed by atoms with van der Waals surface area (Å²) in [6.45, 7) is 0. The zero-order chi connectivity index (χ0) is 20.5. The minimum Gasteiger partial charge on any atom is -0.495 e. The largest absolute Gasteiger partial charge is 0.495 e. The number of carbonyl (C=O) groups excluding carboxylic acids is 1. The number of nitrogens with zero attached hydrogens (tertiary/aromatic N) is 1. The molecule has 0 atom stereocenters. The van der Waals surface area contributed by atoms with Crippen molar-refractivity contribution in [1.29, 1.82) is 0 Å². The van der Waals surface area contributed by atoms with Crippen molar-refractivity contribution in [2.24, 2.45) is 7.05 Å². The molecule has 3 aromatic carbocycles. The minimum absolute atomic E-state index is 0.241. The number of hydrogen-bond donors (Lipinski definition) is 1. The Morgan fingerprint density at radius 1 is 0.966 bits per heavy atom. The van der Waals surface area contributed by atoms with Gasteiger partial charge < -0.3 is 14.6 Å². The summed E-state index contributed by atoms with van der Waals surface area (Å²) in [7, 11) is 3.44. The van der Waals surface area contributed by atoms with Gasteiger partial charge in [-0.25, -0.2) is 0 Å². The number of aromatic nitrogens is 1. The molecule has 0 bridgehead atoms. The number of halogens is 2. The fourth-order valence-electron chi connectivity index (χ4n) is 3.52. The van der Waals surface area contributed by atoms with Gasteiger partial charge in [0, 0.05) is 33.6 Å². The van der Waals surface area contributed by atoms with Gasteiger partial charge in [-0.3, -0.25) is 4.79 Å². The number of anilines is 1. The smallest absolute Gasteiger partial charge is 0.273 e. The van der Waals surface area contributed by atoms with Gasteiger partial charge in [-0.2, -0.15) is 0 Å². The molecule has 0 aliphatic rings. The zero-order valence-electron chi connectivity index (χ0n) is 15.9. The molecule has 0 radical (unpaired) electrons. The maximum absolute atomic E-state index is 13.4. The van der Waals surface area contributed by atoms with Crippen LogP contribution in [0.1, 0.15) is 10.5 Å². The highest BCUT2D eigenvalue weighted by atomic mass is 35.5. The Balaban J connectivity index is 1.91. The van der Waals surface area contributed by atoms with Crippen LogP contribution in [0.25, 0.3) is 22.0 Å². The molecule has 0 spiro atoms. The number of fused-ring (bicyclic) bond motifs is 1. The van der Waals surface area contributed by atoms with E-state index < -0.39 is 0 Å². The van der Waals surface area contributed by atoms with Crippen LogP contribution in [-0.2, 0) is 7.05 Å². The summed E-state index contributed by atoms with van der Waals surface area (Å²) in [4.78, 5) is 13.4.